The molecule has 1 aromatic heterocycles. The van der Waals surface area contributed by atoms with Gasteiger partial charge in [0.25, 0.3) is 0 Å². The number of aromatic nitrogens is 1. The molecule has 0 amide bonds. The molecule has 0 aliphatic heterocycles. The lowest BCUT2D eigenvalue weighted by molar-refractivity contribution is 0.424. The van der Waals surface area contributed by atoms with E-state index in [2.05, 4.69) is 34.9 Å². The number of benzene rings is 1. The second-order valence-corrected chi connectivity index (χ2v) is 4.80. The van der Waals surface area contributed by atoms with Gasteiger partial charge in [0, 0.05) is 10.0 Å². The van der Waals surface area contributed by atoms with E-state index in [-0.39, 0.29) is 5.92 Å². The van der Waals surface area contributed by atoms with Crippen LogP contribution in [0.5, 0.6) is 0 Å². The molecule has 4 heteroatoms. The number of nitrogen functional groups attached to an aromatic ring is 1. The number of nitrogens with zero attached hydrogens (tertiary/aromatic N) is 1. The minimum Gasteiger partial charge on any atom is -0.367 e. The standard InChI is InChI=1S/C12H13BrN2O/c1-7(2)11-10(12(14)16-15-11)8-5-3-4-6-9(8)13/h3-7H,14H2,1-2H3. The van der Waals surface area contributed by atoms with Crippen LogP contribution in [0.4, 0.5) is 5.88 Å². The lowest BCUT2D eigenvalue weighted by atomic mass is 9.99. The van der Waals surface area contributed by atoms with Gasteiger partial charge < -0.3 is 10.3 Å². The number of hydrogen-bond donors (Lipinski definition) is 1. The van der Waals surface area contributed by atoms with Gasteiger partial charge in [0.2, 0.25) is 5.88 Å². The van der Waals surface area contributed by atoms with Crippen molar-refractivity contribution in [2.75, 3.05) is 5.73 Å². The summed E-state index contributed by atoms with van der Waals surface area (Å²) in [6.07, 6.45) is 0. The van der Waals surface area contributed by atoms with Crippen molar-refractivity contribution >= 4 is 21.8 Å². The quantitative estimate of drug-likeness (QED) is 0.910. The molecule has 0 radical (unpaired) electrons. The molecule has 84 valence electrons. The van der Waals surface area contributed by atoms with Gasteiger partial charge in [-0.15, -0.1) is 0 Å². The van der Waals surface area contributed by atoms with E-state index in [1.165, 1.54) is 0 Å². The van der Waals surface area contributed by atoms with Crippen LogP contribution in [0.15, 0.2) is 33.3 Å². The molecule has 0 saturated heterocycles. The fourth-order valence-electron chi connectivity index (χ4n) is 1.64. The molecule has 2 rings (SSSR count). The predicted molar refractivity (Wildman–Crippen MR) is 68.1 cm³/mol. The van der Waals surface area contributed by atoms with E-state index < -0.39 is 0 Å². The Morgan fingerprint density at radius 1 is 1.31 bits per heavy atom. The van der Waals surface area contributed by atoms with Crippen molar-refractivity contribution < 1.29 is 4.52 Å². The first-order valence-corrected chi connectivity index (χ1v) is 5.90. The molecule has 3 nitrogen and oxygen atoms in total. The van der Waals surface area contributed by atoms with E-state index in [9.17, 15) is 0 Å². The normalized spacial score (nSPS) is 11.0. The van der Waals surface area contributed by atoms with E-state index in [1.807, 2.05) is 24.3 Å². The van der Waals surface area contributed by atoms with Crippen molar-refractivity contribution in [1.29, 1.82) is 0 Å². The molecule has 16 heavy (non-hydrogen) atoms. The van der Waals surface area contributed by atoms with Crippen LogP contribution in [0, 0.1) is 0 Å². The molecule has 0 aliphatic carbocycles. The molecule has 0 aliphatic rings. The average Bonchev–Trinajstić information content (AvgIpc) is 2.61. The third-order valence-electron chi connectivity index (χ3n) is 2.43. The highest BCUT2D eigenvalue weighted by molar-refractivity contribution is 9.10. The van der Waals surface area contributed by atoms with Crippen molar-refractivity contribution in [2.24, 2.45) is 0 Å². The summed E-state index contributed by atoms with van der Waals surface area (Å²) in [5.74, 6) is 0.652. The maximum Gasteiger partial charge on any atom is 0.230 e. The molecule has 1 aromatic carbocycles. The van der Waals surface area contributed by atoms with E-state index in [0.717, 1.165) is 21.3 Å². The van der Waals surface area contributed by atoms with E-state index in [4.69, 9.17) is 10.3 Å². The Bertz CT molecular complexity index is 505. The van der Waals surface area contributed by atoms with Crippen molar-refractivity contribution in [2.45, 2.75) is 19.8 Å². The van der Waals surface area contributed by atoms with Gasteiger partial charge in [0.05, 0.1) is 11.3 Å². The summed E-state index contributed by atoms with van der Waals surface area (Å²) in [5, 5.41) is 4.01. The summed E-state index contributed by atoms with van der Waals surface area (Å²) in [6.45, 7) is 4.13. The molecule has 0 spiro atoms. The minimum absolute atomic E-state index is 0.281. The third kappa shape index (κ3) is 1.85. The highest BCUT2D eigenvalue weighted by Crippen LogP contribution is 2.37. The van der Waals surface area contributed by atoms with Crippen LogP contribution >= 0.6 is 15.9 Å². The Labute approximate surface area is 103 Å². The first-order valence-electron chi connectivity index (χ1n) is 5.11. The van der Waals surface area contributed by atoms with Crippen LogP contribution in [0.1, 0.15) is 25.5 Å². The summed E-state index contributed by atoms with van der Waals surface area (Å²) in [5.41, 5.74) is 8.63. The summed E-state index contributed by atoms with van der Waals surface area (Å²) in [6, 6.07) is 7.91. The van der Waals surface area contributed by atoms with Gasteiger partial charge in [-0.25, -0.2) is 0 Å². The number of hydrogen-bond acceptors (Lipinski definition) is 3. The van der Waals surface area contributed by atoms with Gasteiger partial charge in [-0.2, -0.15) is 0 Å². The second-order valence-electron chi connectivity index (χ2n) is 3.94. The molecule has 2 aromatic rings. The minimum atomic E-state index is 0.281. The fraction of sp³-hybridized carbons (Fsp3) is 0.250. The van der Waals surface area contributed by atoms with Crippen LogP contribution in [0.2, 0.25) is 0 Å². The van der Waals surface area contributed by atoms with E-state index in [0.29, 0.717) is 5.88 Å². The Morgan fingerprint density at radius 2 is 2.00 bits per heavy atom. The van der Waals surface area contributed by atoms with Gasteiger partial charge in [-0.1, -0.05) is 53.1 Å². The molecular weight excluding hydrogens is 268 g/mol. The highest BCUT2D eigenvalue weighted by Gasteiger charge is 2.19. The fourth-order valence-corrected chi connectivity index (χ4v) is 2.13. The number of halogens is 1. The summed E-state index contributed by atoms with van der Waals surface area (Å²) in [4.78, 5) is 0. The maximum atomic E-state index is 5.83. The van der Waals surface area contributed by atoms with Crippen LogP contribution in [-0.4, -0.2) is 5.16 Å². The van der Waals surface area contributed by atoms with Crippen LogP contribution in [-0.2, 0) is 0 Å². The first-order chi connectivity index (χ1) is 7.61. The Kier molecular flexibility index (Phi) is 3.01. The maximum absolute atomic E-state index is 5.83. The summed E-state index contributed by atoms with van der Waals surface area (Å²) < 4.78 is 6.07. The largest absolute Gasteiger partial charge is 0.367 e. The molecule has 2 N–H and O–H groups in total. The molecule has 0 fully saturated rings. The van der Waals surface area contributed by atoms with Crippen molar-refractivity contribution in [3.8, 4) is 11.1 Å². The lowest BCUT2D eigenvalue weighted by Gasteiger charge is -2.06. The molecule has 0 atom stereocenters. The van der Waals surface area contributed by atoms with Crippen LogP contribution in [0.3, 0.4) is 0 Å². The summed E-state index contributed by atoms with van der Waals surface area (Å²) >= 11 is 3.51. The van der Waals surface area contributed by atoms with Crippen molar-refractivity contribution in [3.63, 3.8) is 0 Å². The van der Waals surface area contributed by atoms with Gasteiger partial charge >= 0.3 is 0 Å². The Morgan fingerprint density at radius 3 is 2.62 bits per heavy atom. The average molecular weight is 281 g/mol. The SMILES string of the molecule is CC(C)c1noc(N)c1-c1ccccc1Br. The van der Waals surface area contributed by atoms with Crippen LogP contribution < -0.4 is 5.73 Å². The van der Waals surface area contributed by atoms with Crippen LogP contribution in [0.25, 0.3) is 11.1 Å². The molecule has 1 heterocycles. The first kappa shape index (κ1) is 11.2. The number of nitrogens with two attached hydrogens (primary N) is 1. The molecule has 0 bridgehead atoms. The topological polar surface area (TPSA) is 52.0 Å². The second kappa shape index (κ2) is 4.29. The van der Waals surface area contributed by atoms with Gasteiger partial charge in [0.15, 0.2) is 0 Å². The Hall–Kier alpha value is -1.29. The van der Waals surface area contributed by atoms with E-state index >= 15 is 0 Å². The smallest absolute Gasteiger partial charge is 0.230 e. The number of rotatable bonds is 2. The van der Waals surface area contributed by atoms with Crippen molar-refractivity contribution in [1.82, 2.24) is 5.16 Å². The monoisotopic (exact) mass is 280 g/mol. The zero-order valence-electron chi connectivity index (χ0n) is 9.20. The molecule has 0 saturated carbocycles. The third-order valence-corrected chi connectivity index (χ3v) is 3.13. The Balaban J connectivity index is 2.64. The van der Waals surface area contributed by atoms with Gasteiger partial charge in [0.1, 0.15) is 0 Å². The lowest BCUT2D eigenvalue weighted by Crippen LogP contribution is -1.93. The summed E-state index contributed by atoms with van der Waals surface area (Å²) in [7, 11) is 0. The van der Waals surface area contributed by atoms with E-state index in [1.54, 1.807) is 0 Å². The zero-order valence-corrected chi connectivity index (χ0v) is 10.8. The zero-order chi connectivity index (χ0) is 11.7. The predicted octanol–water partition coefficient (Wildman–Crippen LogP) is 3.81. The number of anilines is 1. The van der Waals surface area contributed by atoms with Crippen molar-refractivity contribution in [3.05, 3.63) is 34.4 Å². The molecular formula is C12H13BrN2O. The van der Waals surface area contributed by atoms with Gasteiger partial charge in [-0.05, 0) is 12.0 Å². The van der Waals surface area contributed by atoms with Gasteiger partial charge in [-0.3, -0.25) is 0 Å². The highest BCUT2D eigenvalue weighted by atomic mass is 79.9. The molecule has 0 unspecified atom stereocenters.